The van der Waals surface area contributed by atoms with Gasteiger partial charge >= 0.3 is 0 Å². The number of hydrogen-bond acceptors (Lipinski definition) is 1. The SMILES string of the molecule is CCCCCCC(C)Nc1ccc2c(c1)CCC2. The van der Waals surface area contributed by atoms with E-state index in [0.29, 0.717) is 6.04 Å². The predicted molar refractivity (Wildman–Crippen MR) is 80.3 cm³/mol. The highest BCUT2D eigenvalue weighted by Gasteiger charge is 2.11. The number of unbranched alkanes of at least 4 members (excludes halogenated alkanes) is 3. The number of hydrogen-bond donors (Lipinski definition) is 1. The van der Waals surface area contributed by atoms with Gasteiger partial charge in [0.2, 0.25) is 0 Å². The van der Waals surface area contributed by atoms with Crippen molar-refractivity contribution in [2.75, 3.05) is 5.32 Å². The molecule has 1 N–H and O–H groups in total. The second-order valence-electron chi connectivity index (χ2n) is 5.73. The summed E-state index contributed by atoms with van der Waals surface area (Å²) in [4.78, 5) is 0. The van der Waals surface area contributed by atoms with Gasteiger partial charge < -0.3 is 5.32 Å². The molecule has 1 unspecified atom stereocenters. The summed E-state index contributed by atoms with van der Waals surface area (Å²) in [6, 6.07) is 7.53. The molecule has 0 spiro atoms. The molecule has 1 nitrogen and oxygen atoms in total. The minimum atomic E-state index is 0.598. The Balaban J connectivity index is 1.78. The fourth-order valence-corrected chi connectivity index (χ4v) is 2.90. The average molecular weight is 245 g/mol. The molecule has 0 aromatic heterocycles. The van der Waals surface area contributed by atoms with Crippen LogP contribution in [0.2, 0.25) is 0 Å². The third-order valence-corrected chi connectivity index (χ3v) is 4.00. The van der Waals surface area contributed by atoms with Crippen LogP contribution >= 0.6 is 0 Å². The smallest absolute Gasteiger partial charge is 0.0345 e. The minimum absolute atomic E-state index is 0.598. The normalized spacial score (nSPS) is 15.4. The van der Waals surface area contributed by atoms with E-state index in [2.05, 4.69) is 37.4 Å². The number of nitrogens with one attached hydrogen (secondary N) is 1. The quantitative estimate of drug-likeness (QED) is 0.670. The largest absolute Gasteiger partial charge is 0.383 e. The predicted octanol–water partition coefficient (Wildman–Crippen LogP) is 4.95. The highest BCUT2D eigenvalue weighted by molar-refractivity contribution is 5.50. The van der Waals surface area contributed by atoms with Crippen molar-refractivity contribution in [2.45, 2.75) is 71.3 Å². The van der Waals surface area contributed by atoms with Gasteiger partial charge in [0, 0.05) is 11.7 Å². The topological polar surface area (TPSA) is 12.0 Å². The molecule has 2 rings (SSSR count). The Morgan fingerprint density at radius 3 is 2.78 bits per heavy atom. The molecule has 0 radical (unpaired) electrons. The molecule has 18 heavy (non-hydrogen) atoms. The molecular weight excluding hydrogens is 218 g/mol. The molecule has 0 aliphatic heterocycles. The molecule has 0 fully saturated rings. The lowest BCUT2D eigenvalue weighted by Gasteiger charge is -2.16. The Bertz CT molecular complexity index is 370. The van der Waals surface area contributed by atoms with Crippen molar-refractivity contribution in [3.8, 4) is 0 Å². The van der Waals surface area contributed by atoms with E-state index in [9.17, 15) is 0 Å². The molecule has 0 saturated carbocycles. The molecular formula is C17H27N. The lowest BCUT2D eigenvalue weighted by molar-refractivity contribution is 0.594. The fourth-order valence-electron chi connectivity index (χ4n) is 2.90. The van der Waals surface area contributed by atoms with Crippen molar-refractivity contribution in [3.05, 3.63) is 29.3 Å². The highest BCUT2D eigenvalue weighted by Crippen LogP contribution is 2.25. The van der Waals surface area contributed by atoms with E-state index < -0.39 is 0 Å². The van der Waals surface area contributed by atoms with Crippen molar-refractivity contribution in [3.63, 3.8) is 0 Å². The monoisotopic (exact) mass is 245 g/mol. The Labute approximate surface area is 112 Å². The summed E-state index contributed by atoms with van der Waals surface area (Å²) in [5.74, 6) is 0. The van der Waals surface area contributed by atoms with Gasteiger partial charge in [-0.1, -0.05) is 38.7 Å². The van der Waals surface area contributed by atoms with Crippen LogP contribution in [-0.2, 0) is 12.8 Å². The Hall–Kier alpha value is -0.980. The number of fused-ring (bicyclic) bond motifs is 1. The van der Waals surface area contributed by atoms with Crippen LogP contribution in [0.5, 0.6) is 0 Å². The number of benzene rings is 1. The molecule has 0 heterocycles. The van der Waals surface area contributed by atoms with E-state index >= 15 is 0 Å². The first kappa shape index (κ1) is 13.5. The fraction of sp³-hybridized carbons (Fsp3) is 0.647. The number of rotatable bonds is 7. The zero-order valence-electron chi connectivity index (χ0n) is 12.0. The van der Waals surface area contributed by atoms with Crippen LogP contribution in [0.4, 0.5) is 5.69 Å². The lowest BCUT2D eigenvalue weighted by Crippen LogP contribution is -2.14. The van der Waals surface area contributed by atoms with E-state index in [1.807, 2.05) is 0 Å². The first-order valence-electron chi connectivity index (χ1n) is 7.68. The maximum Gasteiger partial charge on any atom is 0.0345 e. The molecule has 1 atom stereocenters. The summed E-state index contributed by atoms with van der Waals surface area (Å²) in [5.41, 5.74) is 4.45. The van der Waals surface area contributed by atoms with Crippen molar-refractivity contribution in [1.29, 1.82) is 0 Å². The molecule has 1 aliphatic rings. The summed E-state index contributed by atoms with van der Waals surface area (Å²) in [7, 11) is 0. The van der Waals surface area contributed by atoms with Gasteiger partial charge in [-0.3, -0.25) is 0 Å². The molecule has 1 heteroatoms. The summed E-state index contributed by atoms with van der Waals surface area (Å²) in [5, 5.41) is 3.65. The molecule has 1 aromatic rings. The van der Waals surface area contributed by atoms with Crippen molar-refractivity contribution < 1.29 is 0 Å². The molecule has 1 aliphatic carbocycles. The van der Waals surface area contributed by atoms with Crippen molar-refractivity contribution >= 4 is 5.69 Å². The van der Waals surface area contributed by atoms with Crippen LogP contribution in [0, 0.1) is 0 Å². The molecule has 0 saturated heterocycles. The van der Waals surface area contributed by atoms with Gasteiger partial charge in [0.05, 0.1) is 0 Å². The summed E-state index contributed by atoms with van der Waals surface area (Å²) in [6.45, 7) is 4.57. The van der Waals surface area contributed by atoms with E-state index in [1.54, 1.807) is 11.1 Å². The second kappa shape index (κ2) is 6.82. The minimum Gasteiger partial charge on any atom is -0.383 e. The summed E-state index contributed by atoms with van der Waals surface area (Å²) >= 11 is 0. The molecule has 1 aromatic carbocycles. The Morgan fingerprint density at radius 2 is 1.94 bits per heavy atom. The number of aryl methyl sites for hydroxylation is 2. The Kier molecular flexibility index (Phi) is 5.10. The van der Waals surface area contributed by atoms with Gasteiger partial charge in [-0.2, -0.15) is 0 Å². The molecule has 0 bridgehead atoms. The first-order valence-corrected chi connectivity index (χ1v) is 7.68. The number of anilines is 1. The van der Waals surface area contributed by atoms with Gasteiger partial charge in [-0.05, 0) is 55.9 Å². The van der Waals surface area contributed by atoms with Gasteiger partial charge in [-0.25, -0.2) is 0 Å². The van der Waals surface area contributed by atoms with Crippen LogP contribution in [-0.4, -0.2) is 6.04 Å². The van der Waals surface area contributed by atoms with E-state index in [0.717, 1.165) is 0 Å². The van der Waals surface area contributed by atoms with Crippen LogP contribution < -0.4 is 5.32 Å². The van der Waals surface area contributed by atoms with Gasteiger partial charge in [0.1, 0.15) is 0 Å². The standard InChI is InChI=1S/C17H27N/c1-3-4-5-6-8-14(2)18-17-12-11-15-9-7-10-16(15)13-17/h11-14,18H,3-10H2,1-2H3. The van der Waals surface area contributed by atoms with Crippen LogP contribution in [0.1, 0.15) is 63.5 Å². The van der Waals surface area contributed by atoms with E-state index in [-0.39, 0.29) is 0 Å². The maximum atomic E-state index is 3.65. The van der Waals surface area contributed by atoms with Crippen LogP contribution in [0.3, 0.4) is 0 Å². The third kappa shape index (κ3) is 3.76. The Morgan fingerprint density at radius 1 is 1.11 bits per heavy atom. The maximum absolute atomic E-state index is 3.65. The summed E-state index contributed by atoms with van der Waals surface area (Å²) in [6.07, 6.45) is 10.6. The zero-order chi connectivity index (χ0) is 12.8. The second-order valence-corrected chi connectivity index (χ2v) is 5.73. The van der Waals surface area contributed by atoms with E-state index in [1.165, 1.54) is 57.1 Å². The molecule has 100 valence electrons. The lowest BCUT2D eigenvalue weighted by atomic mass is 10.1. The van der Waals surface area contributed by atoms with Crippen molar-refractivity contribution in [2.24, 2.45) is 0 Å². The van der Waals surface area contributed by atoms with Crippen LogP contribution in [0.15, 0.2) is 18.2 Å². The van der Waals surface area contributed by atoms with Gasteiger partial charge in [0.25, 0.3) is 0 Å². The molecule has 0 amide bonds. The van der Waals surface area contributed by atoms with Gasteiger partial charge in [-0.15, -0.1) is 0 Å². The van der Waals surface area contributed by atoms with Crippen molar-refractivity contribution in [1.82, 2.24) is 0 Å². The van der Waals surface area contributed by atoms with E-state index in [4.69, 9.17) is 0 Å². The first-order chi connectivity index (χ1) is 8.79. The average Bonchev–Trinajstić information content (AvgIpc) is 2.82. The van der Waals surface area contributed by atoms with Crippen LogP contribution in [0.25, 0.3) is 0 Å². The third-order valence-electron chi connectivity index (χ3n) is 4.00. The van der Waals surface area contributed by atoms with Gasteiger partial charge in [0.15, 0.2) is 0 Å². The zero-order valence-corrected chi connectivity index (χ0v) is 12.0. The summed E-state index contributed by atoms with van der Waals surface area (Å²) < 4.78 is 0. The highest BCUT2D eigenvalue weighted by atomic mass is 14.9.